The molecule has 0 heterocycles. The number of nitrogens with zero attached hydrogens (tertiary/aromatic N) is 1. The van der Waals surface area contributed by atoms with E-state index in [2.05, 4.69) is 12.2 Å². The van der Waals surface area contributed by atoms with Gasteiger partial charge in [0.2, 0.25) is 0 Å². The van der Waals surface area contributed by atoms with Crippen LogP contribution in [-0.4, -0.2) is 24.5 Å². The Morgan fingerprint density at radius 2 is 1.79 bits per heavy atom. The van der Waals surface area contributed by atoms with Crippen molar-refractivity contribution in [3.63, 3.8) is 0 Å². The van der Waals surface area contributed by atoms with Gasteiger partial charge in [0.1, 0.15) is 11.6 Å². The van der Waals surface area contributed by atoms with E-state index in [0.29, 0.717) is 6.54 Å². The second-order valence-electron chi connectivity index (χ2n) is 6.89. The molecule has 29 heavy (non-hydrogen) atoms. The summed E-state index contributed by atoms with van der Waals surface area (Å²) in [5.74, 6) is -1.02. The Labute approximate surface area is 172 Å². The summed E-state index contributed by atoms with van der Waals surface area (Å²) in [6.45, 7) is 5.96. The Balaban J connectivity index is 1.94. The quantitative estimate of drug-likeness (QED) is 0.417. The first-order valence-corrected chi connectivity index (χ1v) is 9.66. The first-order chi connectivity index (χ1) is 13.9. The zero-order valence-corrected chi connectivity index (χ0v) is 17.0. The average Bonchev–Trinajstić information content (AvgIpc) is 2.74. The van der Waals surface area contributed by atoms with E-state index in [1.54, 1.807) is 0 Å². The Hall–Kier alpha value is -3.39. The third kappa shape index (κ3) is 6.62. The summed E-state index contributed by atoms with van der Waals surface area (Å²) in [5, 5.41) is 12.1. The number of nitriles is 1. The van der Waals surface area contributed by atoms with E-state index in [1.807, 2.05) is 67.6 Å². The molecule has 1 amide bonds. The number of carbonyl (C=O) groups excluding carboxylic acids is 2. The standard InChI is InChI=1S/C24H26N2O3/c1-4-20(21-8-6-5-7-9-21)16-26-23(27)18(3)29-24(28)22(15-25)14-19-12-10-17(2)11-13-19/h5-14,18,20H,4,16H2,1-3H3,(H,26,27)/b22-14+/t18-,20-/m1/s1. The maximum absolute atomic E-state index is 12.3. The van der Waals surface area contributed by atoms with Crippen molar-refractivity contribution < 1.29 is 14.3 Å². The smallest absolute Gasteiger partial charge is 0.349 e. The molecule has 2 aromatic rings. The minimum absolute atomic E-state index is 0.149. The van der Waals surface area contributed by atoms with Gasteiger partial charge in [-0.1, -0.05) is 67.1 Å². The zero-order chi connectivity index (χ0) is 21.2. The molecule has 0 bridgehead atoms. The largest absolute Gasteiger partial charge is 0.448 e. The molecule has 0 unspecified atom stereocenters. The second-order valence-corrected chi connectivity index (χ2v) is 6.89. The number of hydrogen-bond acceptors (Lipinski definition) is 4. The van der Waals surface area contributed by atoms with Gasteiger partial charge in [0.15, 0.2) is 6.10 Å². The van der Waals surface area contributed by atoms with Gasteiger partial charge in [-0.3, -0.25) is 4.79 Å². The van der Waals surface area contributed by atoms with Gasteiger partial charge in [-0.25, -0.2) is 4.79 Å². The lowest BCUT2D eigenvalue weighted by atomic mass is 9.96. The predicted octanol–water partition coefficient (Wildman–Crippen LogP) is 4.14. The number of benzene rings is 2. The third-order valence-corrected chi connectivity index (χ3v) is 4.67. The van der Waals surface area contributed by atoms with Crippen LogP contribution in [0.15, 0.2) is 60.2 Å². The van der Waals surface area contributed by atoms with Crippen LogP contribution in [-0.2, 0) is 14.3 Å². The van der Waals surface area contributed by atoms with Crippen molar-refractivity contribution in [2.75, 3.05) is 6.54 Å². The Morgan fingerprint density at radius 3 is 2.38 bits per heavy atom. The summed E-state index contributed by atoms with van der Waals surface area (Å²) < 4.78 is 5.19. The monoisotopic (exact) mass is 390 g/mol. The Kier molecular flexibility index (Phi) is 8.17. The summed E-state index contributed by atoms with van der Waals surface area (Å²) in [7, 11) is 0. The lowest BCUT2D eigenvalue weighted by Gasteiger charge is -2.18. The van der Waals surface area contributed by atoms with Gasteiger partial charge in [-0.2, -0.15) is 5.26 Å². The van der Waals surface area contributed by atoms with E-state index < -0.39 is 12.1 Å². The molecule has 0 aliphatic carbocycles. The zero-order valence-electron chi connectivity index (χ0n) is 17.0. The third-order valence-electron chi connectivity index (χ3n) is 4.67. The molecule has 2 aromatic carbocycles. The molecule has 0 spiro atoms. The fraction of sp³-hybridized carbons (Fsp3) is 0.292. The Morgan fingerprint density at radius 1 is 1.14 bits per heavy atom. The number of esters is 1. The van der Waals surface area contributed by atoms with E-state index in [9.17, 15) is 14.9 Å². The molecule has 0 saturated carbocycles. The van der Waals surface area contributed by atoms with Crippen molar-refractivity contribution in [3.8, 4) is 6.07 Å². The fourth-order valence-corrected chi connectivity index (χ4v) is 2.83. The molecule has 0 radical (unpaired) electrons. The maximum atomic E-state index is 12.3. The van der Waals surface area contributed by atoms with Crippen molar-refractivity contribution >= 4 is 18.0 Å². The van der Waals surface area contributed by atoms with E-state index >= 15 is 0 Å². The summed E-state index contributed by atoms with van der Waals surface area (Å²) in [6, 6.07) is 19.2. The number of aryl methyl sites for hydroxylation is 1. The Bertz CT molecular complexity index is 896. The average molecular weight is 390 g/mol. The molecule has 2 atom stereocenters. The normalized spacial score (nSPS) is 13.1. The van der Waals surface area contributed by atoms with Gasteiger partial charge < -0.3 is 10.1 Å². The van der Waals surface area contributed by atoms with E-state index in [1.165, 1.54) is 13.0 Å². The highest BCUT2D eigenvalue weighted by molar-refractivity contribution is 5.99. The molecule has 5 nitrogen and oxygen atoms in total. The molecule has 2 rings (SSSR count). The van der Waals surface area contributed by atoms with Crippen LogP contribution in [0.4, 0.5) is 0 Å². The number of amides is 1. The van der Waals surface area contributed by atoms with Crippen LogP contribution >= 0.6 is 0 Å². The molecule has 0 saturated heterocycles. The van der Waals surface area contributed by atoms with E-state index in [0.717, 1.165) is 23.1 Å². The highest BCUT2D eigenvalue weighted by Gasteiger charge is 2.21. The van der Waals surface area contributed by atoms with Gasteiger partial charge in [0.05, 0.1) is 0 Å². The van der Waals surface area contributed by atoms with Gasteiger partial charge in [0.25, 0.3) is 5.91 Å². The summed E-state index contributed by atoms with van der Waals surface area (Å²) in [4.78, 5) is 24.6. The van der Waals surface area contributed by atoms with Gasteiger partial charge in [-0.15, -0.1) is 0 Å². The number of nitrogens with one attached hydrogen (secondary N) is 1. The summed E-state index contributed by atoms with van der Waals surface area (Å²) in [5.41, 5.74) is 2.79. The van der Waals surface area contributed by atoms with Crippen molar-refractivity contribution in [1.29, 1.82) is 5.26 Å². The van der Waals surface area contributed by atoms with Crippen molar-refractivity contribution in [2.45, 2.75) is 39.2 Å². The molecule has 0 fully saturated rings. The predicted molar refractivity (Wildman–Crippen MR) is 113 cm³/mol. The van der Waals surface area contributed by atoms with Gasteiger partial charge in [-0.05, 0) is 37.5 Å². The maximum Gasteiger partial charge on any atom is 0.349 e. The molecular formula is C24H26N2O3. The van der Waals surface area contributed by atoms with Crippen LogP contribution in [0.2, 0.25) is 0 Å². The molecule has 0 aliphatic rings. The molecule has 150 valence electrons. The SMILES string of the molecule is CC[C@H](CNC(=O)[C@@H](C)OC(=O)/C(C#N)=C/c1ccc(C)cc1)c1ccccc1. The van der Waals surface area contributed by atoms with Crippen molar-refractivity contribution in [3.05, 3.63) is 76.9 Å². The van der Waals surface area contributed by atoms with Crippen LogP contribution in [0, 0.1) is 18.3 Å². The molecule has 5 heteroatoms. The highest BCUT2D eigenvalue weighted by Crippen LogP contribution is 2.18. The number of carbonyl (C=O) groups is 2. The molecule has 0 aliphatic heterocycles. The summed E-state index contributed by atoms with van der Waals surface area (Å²) >= 11 is 0. The van der Waals surface area contributed by atoms with Crippen LogP contribution in [0.1, 0.15) is 42.9 Å². The lowest BCUT2D eigenvalue weighted by Crippen LogP contribution is -2.38. The minimum Gasteiger partial charge on any atom is -0.448 e. The van der Waals surface area contributed by atoms with Crippen LogP contribution in [0.25, 0.3) is 6.08 Å². The van der Waals surface area contributed by atoms with Crippen LogP contribution < -0.4 is 5.32 Å². The highest BCUT2D eigenvalue weighted by atomic mass is 16.5. The number of rotatable bonds is 8. The van der Waals surface area contributed by atoms with Crippen molar-refractivity contribution in [1.82, 2.24) is 5.32 Å². The number of hydrogen-bond donors (Lipinski definition) is 1. The van der Waals surface area contributed by atoms with E-state index in [-0.39, 0.29) is 17.4 Å². The molecule has 0 aromatic heterocycles. The van der Waals surface area contributed by atoms with Crippen LogP contribution in [0.3, 0.4) is 0 Å². The lowest BCUT2D eigenvalue weighted by molar-refractivity contribution is -0.150. The van der Waals surface area contributed by atoms with Crippen molar-refractivity contribution in [2.24, 2.45) is 0 Å². The van der Waals surface area contributed by atoms with Gasteiger partial charge in [0, 0.05) is 12.5 Å². The number of ether oxygens (including phenoxy) is 1. The van der Waals surface area contributed by atoms with Crippen LogP contribution in [0.5, 0.6) is 0 Å². The first-order valence-electron chi connectivity index (χ1n) is 9.66. The minimum atomic E-state index is -0.995. The van der Waals surface area contributed by atoms with E-state index in [4.69, 9.17) is 4.74 Å². The fourth-order valence-electron chi connectivity index (χ4n) is 2.83. The summed E-state index contributed by atoms with van der Waals surface area (Å²) in [6.07, 6.45) is 1.33. The second kappa shape index (κ2) is 10.8. The van der Waals surface area contributed by atoms with Gasteiger partial charge >= 0.3 is 5.97 Å². The molecular weight excluding hydrogens is 364 g/mol. The topological polar surface area (TPSA) is 79.2 Å². The molecule has 1 N–H and O–H groups in total. The first kappa shape index (κ1) is 21.9.